The van der Waals surface area contributed by atoms with E-state index in [0.717, 1.165) is 37.7 Å². The van der Waals surface area contributed by atoms with Gasteiger partial charge in [0, 0.05) is 31.2 Å². The summed E-state index contributed by atoms with van der Waals surface area (Å²) in [7, 11) is 0. The lowest BCUT2D eigenvalue weighted by Crippen LogP contribution is -2.40. The molecule has 4 heteroatoms. The van der Waals surface area contributed by atoms with Crippen LogP contribution in [0.1, 0.15) is 30.4 Å². The van der Waals surface area contributed by atoms with Gasteiger partial charge in [-0.2, -0.15) is 0 Å². The number of nitrogens with one attached hydrogen (secondary N) is 1. The van der Waals surface area contributed by atoms with Crippen LogP contribution in [0.2, 0.25) is 0 Å². The van der Waals surface area contributed by atoms with Crippen molar-refractivity contribution in [1.29, 1.82) is 0 Å². The van der Waals surface area contributed by atoms with Gasteiger partial charge < -0.3 is 5.32 Å². The standard InChI is InChI=1S/C15H20F2N2/c16-15(17)12-5-3-11(4-6-12)8-19-9-13-2-1-7-18-14(13)10-19/h3-6,13-15,18H,1-2,7-10H2. The zero-order valence-electron chi connectivity index (χ0n) is 11.0. The van der Waals surface area contributed by atoms with E-state index in [1.165, 1.54) is 12.8 Å². The maximum absolute atomic E-state index is 12.5. The van der Waals surface area contributed by atoms with Gasteiger partial charge in [-0.3, -0.25) is 4.90 Å². The van der Waals surface area contributed by atoms with Gasteiger partial charge in [0.05, 0.1) is 0 Å². The Morgan fingerprint density at radius 2 is 2.00 bits per heavy atom. The van der Waals surface area contributed by atoms with Gasteiger partial charge >= 0.3 is 0 Å². The van der Waals surface area contributed by atoms with E-state index in [2.05, 4.69) is 10.2 Å². The second-order valence-electron chi connectivity index (χ2n) is 5.70. The molecule has 0 radical (unpaired) electrons. The molecule has 0 saturated carbocycles. The van der Waals surface area contributed by atoms with Crippen molar-refractivity contribution < 1.29 is 8.78 Å². The Hall–Kier alpha value is -1.00. The summed E-state index contributed by atoms with van der Waals surface area (Å²) in [4.78, 5) is 2.44. The fourth-order valence-electron chi connectivity index (χ4n) is 3.29. The highest BCUT2D eigenvalue weighted by Crippen LogP contribution is 2.26. The fourth-order valence-corrected chi connectivity index (χ4v) is 3.29. The van der Waals surface area contributed by atoms with Gasteiger partial charge in [0.25, 0.3) is 6.43 Å². The van der Waals surface area contributed by atoms with Crippen LogP contribution >= 0.6 is 0 Å². The molecule has 0 aliphatic carbocycles. The Balaban J connectivity index is 1.59. The molecule has 3 rings (SSSR count). The number of alkyl halides is 2. The number of fused-ring (bicyclic) bond motifs is 1. The number of piperidine rings is 1. The first kappa shape index (κ1) is 13.0. The molecule has 2 nitrogen and oxygen atoms in total. The lowest BCUT2D eigenvalue weighted by molar-refractivity contribution is 0.151. The maximum atomic E-state index is 12.5. The first-order chi connectivity index (χ1) is 9.22. The number of halogens is 2. The largest absolute Gasteiger partial charge is 0.312 e. The summed E-state index contributed by atoms with van der Waals surface area (Å²) >= 11 is 0. The summed E-state index contributed by atoms with van der Waals surface area (Å²) in [6, 6.07) is 7.38. The van der Waals surface area contributed by atoms with E-state index in [0.29, 0.717) is 6.04 Å². The van der Waals surface area contributed by atoms with E-state index in [1.54, 1.807) is 12.1 Å². The molecule has 0 bridgehead atoms. The molecule has 0 spiro atoms. The van der Waals surface area contributed by atoms with Gasteiger partial charge in [0.1, 0.15) is 0 Å². The maximum Gasteiger partial charge on any atom is 0.263 e. The van der Waals surface area contributed by atoms with E-state index in [4.69, 9.17) is 0 Å². The monoisotopic (exact) mass is 266 g/mol. The summed E-state index contributed by atoms with van der Waals surface area (Å²) in [5.41, 5.74) is 1.24. The minimum absolute atomic E-state index is 0.112. The van der Waals surface area contributed by atoms with Crippen molar-refractivity contribution in [2.45, 2.75) is 31.9 Å². The molecule has 0 amide bonds. The van der Waals surface area contributed by atoms with Gasteiger partial charge in [0.2, 0.25) is 0 Å². The molecule has 104 valence electrons. The van der Waals surface area contributed by atoms with Crippen LogP contribution in [0.15, 0.2) is 24.3 Å². The summed E-state index contributed by atoms with van der Waals surface area (Å²) < 4.78 is 25.0. The topological polar surface area (TPSA) is 15.3 Å². The molecule has 2 aliphatic heterocycles. The molecule has 19 heavy (non-hydrogen) atoms. The third-order valence-corrected chi connectivity index (χ3v) is 4.31. The molecule has 2 fully saturated rings. The van der Waals surface area contributed by atoms with Gasteiger partial charge in [-0.1, -0.05) is 24.3 Å². The molecule has 2 atom stereocenters. The summed E-state index contributed by atoms with van der Waals surface area (Å²) in [5, 5.41) is 3.58. The third kappa shape index (κ3) is 2.95. The average molecular weight is 266 g/mol. The highest BCUT2D eigenvalue weighted by atomic mass is 19.3. The van der Waals surface area contributed by atoms with Gasteiger partial charge in [-0.15, -0.1) is 0 Å². The fraction of sp³-hybridized carbons (Fsp3) is 0.600. The van der Waals surface area contributed by atoms with Crippen LogP contribution < -0.4 is 5.32 Å². The Kier molecular flexibility index (Phi) is 3.80. The highest BCUT2D eigenvalue weighted by Gasteiger charge is 2.33. The molecule has 2 unspecified atom stereocenters. The predicted molar refractivity (Wildman–Crippen MR) is 71.2 cm³/mol. The zero-order chi connectivity index (χ0) is 13.2. The number of hydrogen-bond acceptors (Lipinski definition) is 2. The van der Waals surface area contributed by atoms with Crippen molar-refractivity contribution in [2.24, 2.45) is 5.92 Å². The minimum Gasteiger partial charge on any atom is -0.312 e. The Morgan fingerprint density at radius 1 is 1.21 bits per heavy atom. The Bertz CT molecular complexity index is 405. The zero-order valence-corrected chi connectivity index (χ0v) is 11.0. The van der Waals surface area contributed by atoms with Crippen LogP contribution in [0.3, 0.4) is 0 Å². The van der Waals surface area contributed by atoms with Crippen molar-refractivity contribution in [3.05, 3.63) is 35.4 Å². The molecular formula is C15H20F2N2. The number of likely N-dealkylation sites (tertiary alicyclic amines) is 1. The Labute approximate surface area is 112 Å². The summed E-state index contributed by atoms with van der Waals surface area (Å²) in [5.74, 6) is 0.772. The molecule has 2 heterocycles. The van der Waals surface area contributed by atoms with Crippen molar-refractivity contribution >= 4 is 0 Å². The number of rotatable bonds is 3. The van der Waals surface area contributed by atoms with E-state index >= 15 is 0 Å². The normalized spacial score (nSPS) is 27.7. The quantitative estimate of drug-likeness (QED) is 0.905. The third-order valence-electron chi connectivity index (χ3n) is 4.31. The van der Waals surface area contributed by atoms with Crippen LogP contribution in [0.5, 0.6) is 0 Å². The smallest absolute Gasteiger partial charge is 0.263 e. The van der Waals surface area contributed by atoms with Crippen molar-refractivity contribution in [3.8, 4) is 0 Å². The van der Waals surface area contributed by atoms with Gasteiger partial charge in [-0.25, -0.2) is 8.78 Å². The molecule has 1 aromatic rings. The number of nitrogens with zero attached hydrogens (tertiary/aromatic N) is 1. The Morgan fingerprint density at radius 3 is 2.68 bits per heavy atom. The second kappa shape index (κ2) is 5.55. The number of benzene rings is 1. The lowest BCUT2D eigenvalue weighted by Gasteiger charge is -2.24. The van der Waals surface area contributed by atoms with E-state index in [-0.39, 0.29) is 5.56 Å². The second-order valence-corrected chi connectivity index (χ2v) is 5.70. The van der Waals surface area contributed by atoms with Crippen LogP contribution in [0.4, 0.5) is 8.78 Å². The predicted octanol–water partition coefficient (Wildman–Crippen LogP) is 2.81. The van der Waals surface area contributed by atoms with Crippen LogP contribution in [0, 0.1) is 5.92 Å². The molecule has 1 aromatic carbocycles. The number of hydrogen-bond donors (Lipinski definition) is 1. The highest BCUT2D eigenvalue weighted by molar-refractivity contribution is 5.23. The first-order valence-electron chi connectivity index (χ1n) is 7.05. The van der Waals surface area contributed by atoms with Gasteiger partial charge in [-0.05, 0) is 30.9 Å². The first-order valence-corrected chi connectivity index (χ1v) is 7.05. The van der Waals surface area contributed by atoms with Crippen LogP contribution in [-0.2, 0) is 6.54 Å². The lowest BCUT2D eigenvalue weighted by atomic mass is 9.94. The summed E-state index contributed by atoms with van der Waals surface area (Å²) in [6.07, 6.45) is 0.226. The molecule has 2 saturated heterocycles. The molecule has 2 aliphatic rings. The van der Waals surface area contributed by atoms with E-state index in [9.17, 15) is 8.78 Å². The van der Waals surface area contributed by atoms with Crippen LogP contribution in [0.25, 0.3) is 0 Å². The SMILES string of the molecule is FC(F)c1ccc(CN2CC3CCCNC3C2)cc1. The van der Waals surface area contributed by atoms with Crippen molar-refractivity contribution in [2.75, 3.05) is 19.6 Å². The minimum atomic E-state index is -2.37. The molecular weight excluding hydrogens is 246 g/mol. The van der Waals surface area contributed by atoms with Crippen molar-refractivity contribution in [3.63, 3.8) is 0 Å². The average Bonchev–Trinajstić information content (AvgIpc) is 2.81. The summed E-state index contributed by atoms with van der Waals surface area (Å²) in [6.45, 7) is 4.23. The van der Waals surface area contributed by atoms with Gasteiger partial charge in [0.15, 0.2) is 0 Å². The van der Waals surface area contributed by atoms with Crippen molar-refractivity contribution in [1.82, 2.24) is 10.2 Å². The molecule has 1 N–H and O–H groups in total. The van der Waals surface area contributed by atoms with E-state index in [1.807, 2.05) is 12.1 Å². The van der Waals surface area contributed by atoms with E-state index < -0.39 is 6.43 Å². The molecule has 0 aromatic heterocycles. The van der Waals surface area contributed by atoms with Crippen LogP contribution in [-0.4, -0.2) is 30.6 Å².